The molecule has 21 heavy (non-hydrogen) atoms. The number of carbonyl (C=O) groups excluding carboxylic acids is 1. The Hall–Kier alpha value is -1.56. The Morgan fingerprint density at radius 3 is 2.57 bits per heavy atom. The Kier molecular flexibility index (Phi) is 5.22. The number of nitrogen functional groups attached to an aromatic ring is 1. The number of nitrogens with one attached hydrogen (secondary N) is 1. The number of nitrogens with two attached hydrogens (primary N) is 1. The van der Waals surface area contributed by atoms with Crippen molar-refractivity contribution in [3.05, 3.63) is 11.4 Å². The molecular weight excluding hydrogens is 266 g/mol. The van der Waals surface area contributed by atoms with E-state index in [1.54, 1.807) is 4.68 Å². The molecule has 1 aliphatic rings. The molecule has 0 unspecified atom stereocenters. The molecule has 118 valence electrons. The maximum atomic E-state index is 12.0. The minimum absolute atomic E-state index is 0.0125. The molecule has 0 atom stereocenters. The van der Waals surface area contributed by atoms with E-state index in [1.165, 1.54) is 12.8 Å². The van der Waals surface area contributed by atoms with E-state index < -0.39 is 0 Å². The molecule has 1 aliphatic heterocycles. The smallest absolute Gasteiger partial charge is 0.241 e. The summed E-state index contributed by atoms with van der Waals surface area (Å²) in [7, 11) is 0. The number of hydrogen-bond donors (Lipinski definition) is 2. The molecule has 6 nitrogen and oxygen atoms in total. The molecule has 0 spiro atoms. The first-order valence-electron chi connectivity index (χ1n) is 7.79. The van der Waals surface area contributed by atoms with E-state index >= 15 is 0 Å². The number of anilines is 1. The van der Waals surface area contributed by atoms with Gasteiger partial charge in [-0.05, 0) is 52.2 Å². The number of carbonyl (C=O) groups is 1. The molecule has 2 heterocycles. The van der Waals surface area contributed by atoms with Crippen LogP contribution in [0.4, 0.5) is 5.69 Å². The monoisotopic (exact) mass is 293 g/mol. The maximum Gasteiger partial charge on any atom is 0.241 e. The number of hydrogen-bond acceptors (Lipinski definition) is 4. The highest BCUT2D eigenvalue weighted by atomic mass is 16.2. The second kappa shape index (κ2) is 6.93. The predicted molar refractivity (Wildman–Crippen MR) is 84.0 cm³/mol. The van der Waals surface area contributed by atoms with Crippen LogP contribution in [0.25, 0.3) is 0 Å². The van der Waals surface area contributed by atoms with Gasteiger partial charge in [-0.2, -0.15) is 5.10 Å². The van der Waals surface area contributed by atoms with Crippen molar-refractivity contribution in [2.24, 2.45) is 5.92 Å². The van der Waals surface area contributed by atoms with Crippen LogP contribution in [0.5, 0.6) is 0 Å². The van der Waals surface area contributed by atoms with Crippen molar-refractivity contribution in [2.45, 2.75) is 40.2 Å². The largest absolute Gasteiger partial charge is 0.396 e. The van der Waals surface area contributed by atoms with Crippen molar-refractivity contribution in [1.29, 1.82) is 0 Å². The van der Waals surface area contributed by atoms with Crippen molar-refractivity contribution >= 4 is 11.6 Å². The van der Waals surface area contributed by atoms with Crippen LogP contribution in [0.1, 0.15) is 31.2 Å². The van der Waals surface area contributed by atoms with E-state index in [1.807, 2.05) is 13.8 Å². The van der Waals surface area contributed by atoms with Crippen LogP contribution < -0.4 is 11.1 Å². The van der Waals surface area contributed by atoms with Gasteiger partial charge in [0.25, 0.3) is 0 Å². The Bertz CT molecular complexity index is 488. The lowest BCUT2D eigenvalue weighted by molar-refractivity contribution is -0.122. The Morgan fingerprint density at radius 2 is 2.05 bits per heavy atom. The molecule has 1 saturated heterocycles. The van der Waals surface area contributed by atoms with Gasteiger partial charge in [0.1, 0.15) is 6.54 Å². The third-order valence-electron chi connectivity index (χ3n) is 4.47. The van der Waals surface area contributed by atoms with E-state index in [4.69, 9.17) is 5.73 Å². The summed E-state index contributed by atoms with van der Waals surface area (Å²) in [5.41, 5.74) is 8.20. The number of rotatable bonds is 5. The summed E-state index contributed by atoms with van der Waals surface area (Å²) in [6.07, 6.45) is 2.34. The molecule has 1 aromatic rings. The second-order valence-corrected chi connectivity index (χ2v) is 5.92. The Balaban J connectivity index is 1.76. The van der Waals surface area contributed by atoms with Crippen molar-refractivity contribution in [3.8, 4) is 0 Å². The van der Waals surface area contributed by atoms with Crippen molar-refractivity contribution in [3.63, 3.8) is 0 Å². The van der Waals surface area contributed by atoms with Gasteiger partial charge in [0.05, 0.1) is 17.1 Å². The maximum absolute atomic E-state index is 12.0. The number of aromatic nitrogens is 2. The van der Waals surface area contributed by atoms with E-state index in [0.29, 0.717) is 11.6 Å². The predicted octanol–water partition coefficient (Wildman–Crippen LogP) is 0.930. The first kappa shape index (κ1) is 15.8. The molecule has 1 amide bonds. The Labute approximate surface area is 126 Å². The molecule has 6 heteroatoms. The SMILES string of the molecule is CCN1CCC(CNC(=O)Cn2nc(C)c(N)c2C)CC1. The minimum atomic E-state index is 0.0125. The van der Waals surface area contributed by atoms with Crippen LogP contribution in [0, 0.1) is 19.8 Å². The third kappa shape index (κ3) is 3.97. The van der Waals surface area contributed by atoms with Crippen molar-refractivity contribution in [1.82, 2.24) is 20.0 Å². The first-order valence-corrected chi connectivity index (χ1v) is 7.79. The van der Waals surface area contributed by atoms with Gasteiger partial charge in [-0.15, -0.1) is 0 Å². The molecule has 0 bridgehead atoms. The molecular formula is C15H27N5O. The van der Waals surface area contributed by atoms with E-state index in [2.05, 4.69) is 22.2 Å². The highest BCUT2D eigenvalue weighted by molar-refractivity contribution is 5.75. The summed E-state index contributed by atoms with van der Waals surface area (Å²) in [6.45, 7) is 10.4. The summed E-state index contributed by atoms with van der Waals surface area (Å²) in [5, 5.41) is 7.32. The summed E-state index contributed by atoms with van der Waals surface area (Å²) in [5.74, 6) is 0.612. The van der Waals surface area contributed by atoms with Gasteiger partial charge in [-0.3, -0.25) is 9.48 Å². The quantitative estimate of drug-likeness (QED) is 0.847. The zero-order valence-electron chi connectivity index (χ0n) is 13.4. The van der Waals surface area contributed by atoms with Gasteiger partial charge in [-0.1, -0.05) is 6.92 Å². The van der Waals surface area contributed by atoms with E-state index in [9.17, 15) is 4.79 Å². The zero-order chi connectivity index (χ0) is 15.4. The van der Waals surface area contributed by atoms with Crippen molar-refractivity contribution in [2.75, 3.05) is 31.9 Å². The van der Waals surface area contributed by atoms with Crippen LogP contribution in [0.15, 0.2) is 0 Å². The van der Waals surface area contributed by atoms with Crippen LogP contribution in [0.3, 0.4) is 0 Å². The lowest BCUT2D eigenvalue weighted by Gasteiger charge is -2.31. The van der Waals surface area contributed by atoms with Gasteiger partial charge in [-0.25, -0.2) is 0 Å². The topological polar surface area (TPSA) is 76.2 Å². The normalized spacial score (nSPS) is 17.1. The van der Waals surface area contributed by atoms with Crippen LogP contribution >= 0.6 is 0 Å². The second-order valence-electron chi connectivity index (χ2n) is 5.92. The minimum Gasteiger partial charge on any atom is -0.396 e. The van der Waals surface area contributed by atoms with Crippen LogP contribution in [-0.4, -0.2) is 46.8 Å². The average Bonchev–Trinajstić information content (AvgIpc) is 2.73. The fourth-order valence-corrected chi connectivity index (χ4v) is 2.82. The summed E-state index contributed by atoms with van der Waals surface area (Å²) in [6, 6.07) is 0. The van der Waals surface area contributed by atoms with Crippen LogP contribution in [0.2, 0.25) is 0 Å². The van der Waals surface area contributed by atoms with Gasteiger partial charge >= 0.3 is 0 Å². The number of likely N-dealkylation sites (tertiary alicyclic amines) is 1. The lowest BCUT2D eigenvalue weighted by Crippen LogP contribution is -2.39. The first-order chi connectivity index (χ1) is 10.0. The molecule has 2 rings (SSSR count). The number of nitrogens with zero attached hydrogens (tertiary/aromatic N) is 3. The van der Waals surface area contributed by atoms with Gasteiger partial charge in [0.2, 0.25) is 5.91 Å². The summed E-state index contributed by atoms with van der Waals surface area (Å²) in [4.78, 5) is 14.5. The average molecular weight is 293 g/mol. The van der Waals surface area contributed by atoms with Gasteiger partial charge in [0, 0.05) is 6.54 Å². The molecule has 0 aromatic carbocycles. The lowest BCUT2D eigenvalue weighted by atomic mass is 9.97. The molecule has 0 saturated carbocycles. The van der Waals surface area contributed by atoms with E-state index in [0.717, 1.165) is 37.6 Å². The van der Waals surface area contributed by atoms with Crippen molar-refractivity contribution < 1.29 is 4.79 Å². The highest BCUT2D eigenvalue weighted by Crippen LogP contribution is 2.16. The summed E-state index contributed by atoms with van der Waals surface area (Å²) < 4.78 is 1.68. The molecule has 3 N–H and O–H groups in total. The zero-order valence-corrected chi connectivity index (χ0v) is 13.4. The van der Waals surface area contributed by atoms with Gasteiger partial charge in [0.15, 0.2) is 0 Å². The standard InChI is InChI=1S/C15H27N5O/c1-4-19-7-5-13(6-8-19)9-17-14(21)10-20-12(3)15(16)11(2)18-20/h13H,4-10,16H2,1-3H3,(H,17,21). The van der Waals surface area contributed by atoms with Gasteiger partial charge < -0.3 is 16.0 Å². The number of aryl methyl sites for hydroxylation is 1. The number of piperidine rings is 1. The fraction of sp³-hybridized carbons (Fsp3) is 0.733. The van der Waals surface area contributed by atoms with E-state index in [-0.39, 0.29) is 12.5 Å². The molecule has 1 fully saturated rings. The molecule has 0 aliphatic carbocycles. The molecule has 0 radical (unpaired) electrons. The fourth-order valence-electron chi connectivity index (χ4n) is 2.82. The Morgan fingerprint density at radius 1 is 1.38 bits per heavy atom. The summed E-state index contributed by atoms with van der Waals surface area (Å²) >= 11 is 0. The third-order valence-corrected chi connectivity index (χ3v) is 4.47. The molecule has 1 aromatic heterocycles. The highest BCUT2D eigenvalue weighted by Gasteiger charge is 2.19. The number of amides is 1. The van der Waals surface area contributed by atoms with Crippen LogP contribution in [-0.2, 0) is 11.3 Å².